The summed E-state index contributed by atoms with van der Waals surface area (Å²) < 4.78 is 5.81. The molecule has 0 fully saturated rings. The molecule has 1 aliphatic carbocycles. The van der Waals surface area contributed by atoms with Gasteiger partial charge in [-0.05, 0) is 30.7 Å². The zero-order valence-corrected chi connectivity index (χ0v) is 15.2. The van der Waals surface area contributed by atoms with Crippen molar-refractivity contribution < 1.29 is 14.0 Å². The Balaban J connectivity index is 1.94. The van der Waals surface area contributed by atoms with Gasteiger partial charge in [-0.15, -0.1) is 11.8 Å². The van der Waals surface area contributed by atoms with Gasteiger partial charge in [0.15, 0.2) is 11.5 Å². The highest BCUT2D eigenvalue weighted by atomic mass is 32.2. The SMILES string of the molecule is CSc1ccccc1NC(=O)c1oc2c(c1C)C(=O)CC(C)(C)C2. The molecule has 1 aliphatic rings. The van der Waals surface area contributed by atoms with Crippen molar-refractivity contribution >= 4 is 29.1 Å². The van der Waals surface area contributed by atoms with Crippen LogP contribution in [0.3, 0.4) is 0 Å². The van der Waals surface area contributed by atoms with Gasteiger partial charge in [0.2, 0.25) is 0 Å². The van der Waals surface area contributed by atoms with Crippen LogP contribution in [0.5, 0.6) is 0 Å². The zero-order chi connectivity index (χ0) is 17.5. The Bertz CT molecular complexity index is 820. The number of rotatable bonds is 3. The van der Waals surface area contributed by atoms with Crippen LogP contribution in [0.15, 0.2) is 33.6 Å². The van der Waals surface area contributed by atoms with Crippen molar-refractivity contribution in [2.45, 2.75) is 38.5 Å². The number of Topliss-reactive ketones (excluding diaryl/α,β-unsaturated/α-hetero) is 1. The van der Waals surface area contributed by atoms with E-state index < -0.39 is 0 Å². The fourth-order valence-electron chi connectivity index (χ4n) is 3.23. The Labute approximate surface area is 146 Å². The van der Waals surface area contributed by atoms with Crippen LogP contribution < -0.4 is 5.32 Å². The Kier molecular flexibility index (Phi) is 4.30. The number of amides is 1. The predicted octanol–water partition coefficient (Wildman–Crippen LogP) is 4.72. The first kappa shape index (κ1) is 16.8. The van der Waals surface area contributed by atoms with Gasteiger partial charge in [0, 0.05) is 23.3 Å². The van der Waals surface area contributed by atoms with Gasteiger partial charge in [-0.1, -0.05) is 26.0 Å². The first-order valence-electron chi connectivity index (χ1n) is 7.92. The molecular weight excluding hydrogens is 322 g/mol. The average molecular weight is 343 g/mol. The monoisotopic (exact) mass is 343 g/mol. The molecule has 1 amide bonds. The van der Waals surface area contributed by atoms with Crippen molar-refractivity contribution in [1.82, 2.24) is 0 Å². The Hall–Kier alpha value is -2.01. The molecule has 0 unspecified atom stereocenters. The summed E-state index contributed by atoms with van der Waals surface area (Å²) >= 11 is 1.56. The van der Waals surface area contributed by atoms with E-state index in [0.29, 0.717) is 29.7 Å². The van der Waals surface area contributed by atoms with Crippen LogP contribution in [0.25, 0.3) is 0 Å². The second kappa shape index (κ2) is 6.13. The number of thioether (sulfide) groups is 1. The maximum atomic E-state index is 12.7. The largest absolute Gasteiger partial charge is 0.455 e. The van der Waals surface area contributed by atoms with Crippen molar-refractivity contribution in [2.75, 3.05) is 11.6 Å². The van der Waals surface area contributed by atoms with E-state index in [9.17, 15) is 9.59 Å². The third-order valence-electron chi connectivity index (χ3n) is 4.34. The lowest BCUT2D eigenvalue weighted by Gasteiger charge is -2.27. The van der Waals surface area contributed by atoms with Gasteiger partial charge in [-0.25, -0.2) is 0 Å². The second-order valence-electron chi connectivity index (χ2n) is 6.95. The molecule has 1 heterocycles. The standard InChI is InChI=1S/C19H21NO3S/c1-11-16-13(21)9-19(2,3)10-14(16)23-17(11)18(22)20-12-7-5-6-8-15(12)24-4/h5-8H,9-10H2,1-4H3,(H,20,22). The number of fused-ring (bicyclic) bond motifs is 1. The number of ketones is 1. The van der Waals surface area contributed by atoms with E-state index >= 15 is 0 Å². The molecule has 2 aromatic rings. The van der Waals surface area contributed by atoms with Crippen LogP contribution in [0.4, 0.5) is 5.69 Å². The van der Waals surface area contributed by atoms with Crippen molar-refractivity contribution in [3.8, 4) is 0 Å². The van der Waals surface area contributed by atoms with E-state index in [-0.39, 0.29) is 22.9 Å². The van der Waals surface area contributed by atoms with Crippen molar-refractivity contribution in [3.63, 3.8) is 0 Å². The summed E-state index contributed by atoms with van der Waals surface area (Å²) in [5.74, 6) is 0.624. The topological polar surface area (TPSA) is 59.3 Å². The summed E-state index contributed by atoms with van der Waals surface area (Å²) in [7, 11) is 0. The summed E-state index contributed by atoms with van der Waals surface area (Å²) in [5.41, 5.74) is 1.85. The fourth-order valence-corrected chi connectivity index (χ4v) is 3.78. The summed E-state index contributed by atoms with van der Waals surface area (Å²) in [6, 6.07) is 7.61. The number of para-hydroxylation sites is 1. The lowest BCUT2D eigenvalue weighted by molar-refractivity contribution is 0.0898. The van der Waals surface area contributed by atoms with Gasteiger partial charge in [0.1, 0.15) is 5.76 Å². The molecule has 4 nitrogen and oxygen atoms in total. The molecule has 126 valence electrons. The molecule has 24 heavy (non-hydrogen) atoms. The van der Waals surface area contributed by atoms with Gasteiger partial charge in [-0.2, -0.15) is 0 Å². The smallest absolute Gasteiger partial charge is 0.291 e. The lowest BCUT2D eigenvalue weighted by atomic mass is 9.76. The van der Waals surface area contributed by atoms with Gasteiger partial charge in [0.25, 0.3) is 5.91 Å². The molecule has 1 aromatic heterocycles. The van der Waals surface area contributed by atoms with Gasteiger partial charge < -0.3 is 9.73 Å². The van der Waals surface area contributed by atoms with E-state index in [2.05, 4.69) is 5.32 Å². The summed E-state index contributed by atoms with van der Waals surface area (Å²) in [4.78, 5) is 26.1. The molecule has 1 N–H and O–H groups in total. The molecule has 3 rings (SSSR count). The van der Waals surface area contributed by atoms with Crippen molar-refractivity contribution in [2.24, 2.45) is 5.41 Å². The maximum Gasteiger partial charge on any atom is 0.291 e. The Morgan fingerprint density at radius 3 is 2.67 bits per heavy atom. The Morgan fingerprint density at radius 2 is 1.96 bits per heavy atom. The normalized spacial score (nSPS) is 15.9. The van der Waals surface area contributed by atoms with Gasteiger partial charge >= 0.3 is 0 Å². The molecule has 0 aliphatic heterocycles. The van der Waals surface area contributed by atoms with E-state index in [1.807, 2.05) is 44.4 Å². The highest BCUT2D eigenvalue weighted by molar-refractivity contribution is 7.98. The molecule has 0 saturated carbocycles. The minimum atomic E-state index is -0.311. The molecular formula is C19H21NO3S. The minimum absolute atomic E-state index is 0.0612. The fraction of sp³-hybridized carbons (Fsp3) is 0.368. The molecule has 0 bridgehead atoms. The number of nitrogens with one attached hydrogen (secondary N) is 1. The van der Waals surface area contributed by atoms with Gasteiger partial charge in [0.05, 0.1) is 11.3 Å². The van der Waals surface area contributed by atoms with E-state index in [4.69, 9.17) is 4.42 Å². The maximum absolute atomic E-state index is 12.7. The van der Waals surface area contributed by atoms with Gasteiger partial charge in [-0.3, -0.25) is 9.59 Å². The van der Waals surface area contributed by atoms with Crippen LogP contribution in [-0.4, -0.2) is 17.9 Å². The Morgan fingerprint density at radius 1 is 1.25 bits per heavy atom. The first-order chi connectivity index (χ1) is 11.3. The first-order valence-corrected chi connectivity index (χ1v) is 9.15. The molecule has 0 spiro atoms. The number of furan rings is 1. The van der Waals surface area contributed by atoms with Crippen LogP contribution in [-0.2, 0) is 6.42 Å². The number of carbonyl (C=O) groups excluding carboxylic acids is 2. The number of hydrogen-bond acceptors (Lipinski definition) is 4. The quantitative estimate of drug-likeness (QED) is 0.819. The lowest BCUT2D eigenvalue weighted by Crippen LogP contribution is -2.26. The molecule has 0 radical (unpaired) electrons. The third kappa shape index (κ3) is 3.00. The highest BCUT2D eigenvalue weighted by Crippen LogP contribution is 2.38. The van der Waals surface area contributed by atoms with Crippen LogP contribution in [0.1, 0.15) is 52.5 Å². The molecule has 0 saturated heterocycles. The summed E-state index contributed by atoms with van der Waals surface area (Å²) in [6.45, 7) is 5.87. The number of anilines is 1. The van der Waals surface area contributed by atoms with Crippen LogP contribution in [0.2, 0.25) is 0 Å². The number of carbonyl (C=O) groups is 2. The van der Waals surface area contributed by atoms with Crippen LogP contribution in [0, 0.1) is 12.3 Å². The summed E-state index contributed by atoms with van der Waals surface area (Å²) in [5, 5.41) is 2.90. The van der Waals surface area contributed by atoms with E-state index in [0.717, 1.165) is 10.6 Å². The summed E-state index contributed by atoms with van der Waals surface area (Å²) in [6.07, 6.45) is 3.11. The molecule has 0 atom stereocenters. The van der Waals surface area contributed by atoms with Crippen molar-refractivity contribution in [3.05, 3.63) is 46.9 Å². The van der Waals surface area contributed by atoms with E-state index in [1.54, 1.807) is 18.7 Å². The third-order valence-corrected chi connectivity index (χ3v) is 5.13. The van der Waals surface area contributed by atoms with Crippen LogP contribution >= 0.6 is 11.8 Å². The zero-order valence-electron chi connectivity index (χ0n) is 14.4. The minimum Gasteiger partial charge on any atom is -0.455 e. The molecule has 5 heteroatoms. The van der Waals surface area contributed by atoms with E-state index in [1.165, 1.54) is 0 Å². The average Bonchev–Trinajstić information content (AvgIpc) is 2.83. The molecule has 1 aromatic carbocycles. The predicted molar refractivity (Wildman–Crippen MR) is 96.1 cm³/mol. The number of benzene rings is 1. The van der Waals surface area contributed by atoms with Crippen molar-refractivity contribution in [1.29, 1.82) is 0 Å². The second-order valence-corrected chi connectivity index (χ2v) is 7.80. The number of hydrogen-bond donors (Lipinski definition) is 1. The highest BCUT2D eigenvalue weighted by Gasteiger charge is 2.37.